The summed E-state index contributed by atoms with van der Waals surface area (Å²) >= 11 is 0. The number of H-pyrrole nitrogens is 2. The SMILES string of the molecule is c1cc2[nH]c1=2.c1cc[nH]c1. The van der Waals surface area contributed by atoms with Crippen molar-refractivity contribution >= 4 is 0 Å². The predicted octanol–water partition coefficient (Wildman–Crippen LogP) is 1.63. The monoisotopic (exact) mass is 132 g/mol. The third kappa shape index (κ3) is 0.957. The first-order valence-corrected chi connectivity index (χ1v) is 3.24. The Hall–Kier alpha value is -1.44. The molecule has 10 heavy (non-hydrogen) atoms. The first-order valence-electron chi connectivity index (χ1n) is 3.24. The Balaban J connectivity index is 0.0000000807. The quantitative estimate of drug-likeness (QED) is 0.466. The summed E-state index contributed by atoms with van der Waals surface area (Å²) in [5.41, 5.74) is 0. The fraction of sp³-hybridized carbons (Fsp3) is 0. The minimum absolute atomic E-state index is 1.34. The lowest BCUT2D eigenvalue weighted by molar-refractivity contribution is 1.42. The zero-order chi connectivity index (χ0) is 6.81. The molecule has 2 heterocycles. The molecule has 0 spiro atoms. The normalized spacial score (nSPS) is 10.0. The lowest BCUT2D eigenvalue weighted by Gasteiger charge is -1.57. The van der Waals surface area contributed by atoms with Crippen LogP contribution in [-0.4, -0.2) is 9.97 Å². The molecule has 2 heteroatoms. The van der Waals surface area contributed by atoms with Gasteiger partial charge in [-0.3, -0.25) is 0 Å². The van der Waals surface area contributed by atoms with Gasteiger partial charge in [0.2, 0.25) is 0 Å². The van der Waals surface area contributed by atoms with E-state index < -0.39 is 0 Å². The molecule has 50 valence electrons. The standard InChI is InChI=1S/C4H3N.C4H5N/c1-2-4-3(1)5-4;1-2-4-5-3-1/h1-2,5H;1-5H. The summed E-state index contributed by atoms with van der Waals surface area (Å²) in [7, 11) is 0. The molecule has 1 aromatic rings. The average molecular weight is 132 g/mol. The van der Waals surface area contributed by atoms with Crippen LogP contribution in [0.4, 0.5) is 0 Å². The van der Waals surface area contributed by atoms with Crippen molar-refractivity contribution in [2.45, 2.75) is 0 Å². The van der Waals surface area contributed by atoms with Crippen molar-refractivity contribution in [1.82, 2.24) is 9.97 Å². The van der Waals surface area contributed by atoms with Gasteiger partial charge in [0, 0.05) is 12.4 Å². The molecule has 1 aliphatic heterocycles. The van der Waals surface area contributed by atoms with Crippen LogP contribution < -0.4 is 0 Å². The van der Waals surface area contributed by atoms with Crippen LogP contribution in [0.5, 0.6) is 0 Å². The molecular weight excluding hydrogens is 124 g/mol. The Morgan fingerprint density at radius 2 is 1.50 bits per heavy atom. The highest BCUT2D eigenvalue weighted by Crippen LogP contribution is 2.01. The maximum absolute atomic E-state index is 3.03. The molecule has 0 radical (unpaired) electrons. The van der Waals surface area contributed by atoms with E-state index in [0.717, 1.165) is 0 Å². The van der Waals surface area contributed by atoms with Gasteiger partial charge in [-0.2, -0.15) is 0 Å². The molecule has 3 rings (SSSR count). The van der Waals surface area contributed by atoms with Gasteiger partial charge in [0.15, 0.2) is 0 Å². The molecule has 2 N–H and O–H groups in total. The molecule has 1 aliphatic carbocycles. The average Bonchev–Trinajstić information content (AvgIpc) is 2.43. The molecule has 0 bridgehead atoms. The molecule has 0 unspecified atom stereocenters. The van der Waals surface area contributed by atoms with E-state index in [2.05, 4.69) is 22.1 Å². The van der Waals surface area contributed by atoms with Crippen molar-refractivity contribution in [1.29, 1.82) is 0 Å². The molecule has 1 aromatic heterocycles. The first kappa shape index (κ1) is 5.35. The van der Waals surface area contributed by atoms with E-state index in [1.807, 2.05) is 24.5 Å². The molecular formula is C8H8N2. The summed E-state index contributed by atoms with van der Waals surface area (Å²) in [4.78, 5) is 5.89. The van der Waals surface area contributed by atoms with E-state index in [9.17, 15) is 0 Å². The van der Waals surface area contributed by atoms with Gasteiger partial charge in [0.1, 0.15) is 0 Å². The number of hydrogen-bond acceptors (Lipinski definition) is 0. The van der Waals surface area contributed by atoms with Gasteiger partial charge in [-0.05, 0) is 24.3 Å². The van der Waals surface area contributed by atoms with Gasteiger partial charge in [-0.25, -0.2) is 0 Å². The summed E-state index contributed by atoms with van der Waals surface area (Å²) in [5, 5.41) is 2.68. The zero-order valence-corrected chi connectivity index (χ0v) is 5.46. The minimum atomic E-state index is 1.34. The Labute approximate surface area is 58.2 Å². The van der Waals surface area contributed by atoms with Gasteiger partial charge in [-0.1, -0.05) is 0 Å². The van der Waals surface area contributed by atoms with E-state index in [-0.39, 0.29) is 0 Å². The second-order valence-corrected chi connectivity index (χ2v) is 2.17. The summed E-state index contributed by atoms with van der Waals surface area (Å²) in [6.07, 6.45) is 3.75. The van der Waals surface area contributed by atoms with Crippen molar-refractivity contribution in [2.75, 3.05) is 0 Å². The molecule has 0 amide bonds. The Kier molecular flexibility index (Phi) is 1.10. The van der Waals surface area contributed by atoms with E-state index in [1.165, 1.54) is 10.7 Å². The molecule has 0 fully saturated rings. The Bertz CT molecular complexity index is 330. The maximum Gasteiger partial charge on any atom is 0.0624 e. The van der Waals surface area contributed by atoms with Crippen LogP contribution in [0.2, 0.25) is 0 Å². The third-order valence-corrected chi connectivity index (χ3v) is 1.41. The molecule has 0 aromatic carbocycles. The summed E-state index contributed by atoms with van der Waals surface area (Å²) in [6.45, 7) is 0. The summed E-state index contributed by atoms with van der Waals surface area (Å²) < 4.78 is 0. The summed E-state index contributed by atoms with van der Waals surface area (Å²) in [5.74, 6) is 0. The molecule has 0 atom stereocenters. The van der Waals surface area contributed by atoms with Crippen molar-refractivity contribution < 1.29 is 0 Å². The minimum Gasteiger partial charge on any atom is -0.368 e. The van der Waals surface area contributed by atoms with Crippen LogP contribution in [0.25, 0.3) is 0 Å². The molecule has 0 saturated carbocycles. The smallest absolute Gasteiger partial charge is 0.0624 e. The lowest BCUT2D eigenvalue weighted by Crippen LogP contribution is -1.46. The molecule has 2 aliphatic rings. The van der Waals surface area contributed by atoms with Crippen molar-refractivity contribution in [3.05, 3.63) is 47.4 Å². The topological polar surface area (TPSA) is 31.6 Å². The van der Waals surface area contributed by atoms with Gasteiger partial charge in [0.05, 0.1) is 10.7 Å². The highest BCUT2D eigenvalue weighted by Gasteiger charge is 1.93. The van der Waals surface area contributed by atoms with Gasteiger partial charge in [0.25, 0.3) is 0 Å². The van der Waals surface area contributed by atoms with Gasteiger partial charge in [-0.15, -0.1) is 0 Å². The Morgan fingerprint density at radius 1 is 0.900 bits per heavy atom. The Morgan fingerprint density at radius 3 is 1.60 bits per heavy atom. The van der Waals surface area contributed by atoms with E-state index in [1.54, 1.807) is 0 Å². The fourth-order valence-electron chi connectivity index (χ4n) is 0.725. The van der Waals surface area contributed by atoms with Gasteiger partial charge < -0.3 is 9.97 Å². The number of rotatable bonds is 0. The second kappa shape index (κ2) is 2.06. The van der Waals surface area contributed by atoms with E-state index in [0.29, 0.717) is 0 Å². The van der Waals surface area contributed by atoms with E-state index >= 15 is 0 Å². The largest absolute Gasteiger partial charge is 0.368 e. The van der Waals surface area contributed by atoms with Crippen molar-refractivity contribution in [3.8, 4) is 0 Å². The van der Waals surface area contributed by atoms with Crippen LogP contribution in [0, 0.1) is 10.7 Å². The number of aromatic nitrogens is 2. The third-order valence-electron chi connectivity index (χ3n) is 1.41. The number of aromatic amines is 2. The second-order valence-electron chi connectivity index (χ2n) is 2.17. The molecule has 0 saturated heterocycles. The molecule has 2 nitrogen and oxygen atoms in total. The number of nitrogens with one attached hydrogen (secondary N) is 2. The zero-order valence-electron chi connectivity index (χ0n) is 5.46. The lowest BCUT2D eigenvalue weighted by atomic mass is 10.4. The first-order chi connectivity index (χ1) is 4.97. The van der Waals surface area contributed by atoms with Crippen LogP contribution in [0.15, 0.2) is 36.7 Å². The van der Waals surface area contributed by atoms with Gasteiger partial charge >= 0.3 is 0 Å². The van der Waals surface area contributed by atoms with E-state index in [4.69, 9.17) is 0 Å². The van der Waals surface area contributed by atoms with Crippen molar-refractivity contribution in [3.63, 3.8) is 0 Å². The predicted molar refractivity (Wildman–Crippen MR) is 39.3 cm³/mol. The van der Waals surface area contributed by atoms with Crippen LogP contribution in [0.3, 0.4) is 0 Å². The summed E-state index contributed by atoms with van der Waals surface area (Å²) in [6, 6.07) is 8.02. The number of hydrogen-bond donors (Lipinski definition) is 2. The van der Waals surface area contributed by atoms with Crippen LogP contribution in [0.1, 0.15) is 0 Å². The van der Waals surface area contributed by atoms with Crippen LogP contribution >= 0.6 is 0 Å². The highest BCUT2D eigenvalue weighted by atomic mass is 14.8. The van der Waals surface area contributed by atoms with Crippen LogP contribution in [-0.2, 0) is 0 Å². The maximum atomic E-state index is 3.03. The highest BCUT2D eigenvalue weighted by molar-refractivity contribution is 5.11. The van der Waals surface area contributed by atoms with Crippen molar-refractivity contribution in [2.24, 2.45) is 0 Å². The fourth-order valence-corrected chi connectivity index (χ4v) is 0.725.